The topological polar surface area (TPSA) is 49.3 Å². The zero-order valence-corrected chi connectivity index (χ0v) is 6.84. The second-order valence-corrected chi connectivity index (χ2v) is 3.40. The number of amides is 1. The van der Waals surface area contributed by atoms with Crippen molar-refractivity contribution in [1.29, 1.82) is 0 Å². The lowest BCUT2D eigenvalue weighted by molar-refractivity contribution is -0.119. The summed E-state index contributed by atoms with van der Waals surface area (Å²) < 4.78 is 0. The van der Waals surface area contributed by atoms with Gasteiger partial charge in [0, 0.05) is 19.6 Å². The Morgan fingerprint density at radius 2 is 2.55 bits per heavy atom. The molecule has 1 fully saturated rings. The summed E-state index contributed by atoms with van der Waals surface area (Å²) in [5, 5.41) is 11.5. The molecule has 3 nitrogen and oxygen atoms in total. The lowest BCUT2D eigenvalue weighted by Crippen LogP contribution is -2.15. The van der Waals surface area contributed by atoms with Crippen LogP contribution in [0.3, 0.4) is 0 Å². The first-order valence-corrected chi connectivity index (χ1v) is 4.10. The van der Waals surface area contributed by atoms with Crippen molar-refractivity contribution in [3.63, 3.8) is 0 Å². The standard InChI is InChI=1S/C8H15NO2/c1-6(5-10)2-7-3-8(11)9-4-7/h6-7,10H,2-5H2,1H3,(H,9,11)/t6?,7-/m0/s1. The first kappa shape index (κ1) is 8.53. The second-order valence-electron chi connectivity index (χ2n) is 3.40. The van der Waals surface area contributed by atoms with Gasteiger partial charge in [-0.3, -0.25) is 4.79 Å². The van der Waals surface area contributed by atoms with Gasteiger partial charge in [-0.25, -0.2) is 0 Å². The smallest absolute Gasteiger partial charge is 0.220 e. The van der Waals surface area contributed by atoms with Crippen LogP contribution in [-0.4, -0.2) is 24.2 Å². The van der Waals surface area contributed by atoms with Gasteiger partial charge in [-0.2, -0.15) is 0 Å². The zero-order valence-electron chi connectivity index (χ0n) is 6.84. The van der Waals surface area contributed by atoms with Crippen molar-refractivity contribution < 1.29 is 9.90 Å². The minimum atomic E-state index is 0.153. The number of aliphatic hydroxyl groups excluding tert-OH is 1. The maximum atomic E-state index is 10.7. The SMILES string of the molecule is CC(CO)C[C@@H]1CNC(=O)C1. The molecule has 0 saturated carbocycles. The largest absolute Gasteiger partial charge is 0.396 e. The molecule has 1 unspecified atom stereocenters. The van der Waals surface area contributed by atoms with Crippen LogP contribution in [0.2, 0.25) is 0 Å². The number of carbonyl (C=O) groups excluding carboxylic acids is 1. The molecule has 2 atom stereocenters. The van der Waals surface area contributed by atoms with Gasteiger partial charge in [-0.1, -0.05) is 6.92 Å². The molecule has 1 saturated heterocycles. The average Bonchev–Trinajstić information content (AvgIpc) is 2.35. The van der Waals surface area contributed by atoms with E-state index < -0.39 is 0 Å². The molecule has 1 rings (SSSR count). The quantitative estimate of drug-likeness (QED) is 0.612. The van der Waals surface area contributed by atoms with Gasteiger partial charge in [0.15, 0.2) is 0 Å². The van der Waals surface area contributed by atoms with E-state index in [1.807, 2.05) is 6.92 Å². The van der Waals surface area contributed by atoms with Crippen LogP contribution in [0.1, 0.15) is 19.8 Å². The van der Waals surface area contributed by atoms with Crippen molar-refractivity contribution in [3.8, 4) is 0 Å². The van der Waals surface area contributed by atoms with Crippen molar-refractivity contribution in [3.05, 3.63) is 0 Å². The van der Waals surface area contributed by atoms with Crippen LogP contribution < -0.4 is 5.32 Å². The van der Waals surface area contributed by atoms with Gasteiger partial charge >= 0.3 is 0 Å². The second kappa shape index (κ2) is 3.72. The molecule has 0 spiro atoms. The molecule has 1 amide bonds. The Balaban J connectivity index is 2.22. The Morgan fingerprint density at radius 3 is 3.00 bits per heavy atom. The molecule has 1 heterocycles. The van der Waals surface area contributed by atoms with E-state index >= 15 is 0 Å². The van der Waals surface area contributed by atoms with Crippen LogP contribution in [0.15, 0.2) is 0 Å². The van der Waals surface area contributed by atoms with Gasteiger partial charge in [-0.05, 0) is 18.3 Å². The molecule has 0 aromatic heterocycles. The van der Waals surface area contributed by atoms with E-state index in [-0.39, 0.29) is 12.5 Å². The van der Waals surface area contributed by atoms with Gasteiger partial charge in [0.1, 0.15) is 0 Å². The Labute approximate surface area is 66.8 Å². The minimum absolute atomic E-state index is 0.153. The fraction of sp³-hybridized carbons (Fsp3) is 0.875. The number of hydrogen-bond donors (Lipinski definition) is 2. The summed E-state index contributed by atoms with van der Waals surface area (Å²) in [6, 6.07) is 0. The van der Waals surface area contributed by atoms with Gasteiger partial charge < -0.3 is 10.4 Å². The van der Waals surface area contributed by atoms with E-state index in [1.54, 1.807) is 0 Å². The minimum Gasteiger partial charge on any atom is -0.396 e. The highest BCUT2D eigenvalue weighted by Crippen LogP contribution is 2.18. The van der Waals surface area contributed by atoms with E-state index in [0.717, 1.165) is 13.0 Å². The third-order valence-corrected chi connectivity index (χ3v) is 2.11. The molecule has 2 N–H and O–H groups in total. The fourth-order valence-electron chi connectivity index (χ4n) is 1.47. The van der Waals surface area contributed by atoms with E-state index in [0.29, 0.717) is 18.3 Å². The van der Waals surface area contributed by atoms with E-state index in [9.17, 15) is 4.79 Å². The van der Waals surface area contributed by atoms with Crippen molar-refractivity contribution >= 4 is 5.91 Å². The highest BCUT2D eigenvalue weighted by molar-refractivity contribution is 5.78. The van der Waals surface area contributed by atoms with E-state index in [2.05, 4.69) is 5.32 Å². The first-order chi connectivity index (χ1) is 5.22. The van der Waals surface area contributed by atoms with Crippen molar-refractivity contribution in [2.75, 3.05) is 13.2 Å². The summed E-state index contributed by atoms with van der Waals surface area (Å²) in [7, 11) is 0. The predicted molar refractivity (Wildman–Crippen MR) is 42.0 cm³/mol. The molecule has 1 aliphatic rings. The molecule has 11 heavy (non-hydrogen) atoms. The maximum absolute atomic E-state index is 10.7. The summed E-state index contributed by atoms with van der Waals surface area (Å²) in [4.78, 5) is 10.7. The third kappa shape index (κ3) is 2.50. The summed E-state index contributed by atoms with van der Waals surface area (Å²) in [5.74, 6) is 0.928. The Bertz CT molecular complexity index is 147. The summed E-state index contributed by atoms with van der Waals surface area (Å²) in [5.41, 5.74) is 0. The third-order valence-electron chi connectivity index (χ3n) is 2.11. The highest BCUT2D eigenvalue weighted by Gasteiger charge is 2.22. The number of hydrogen-bond acceptors (Lipinski definition) is 2. The van der Waals surface area contributed by atoms with Gasteiger partial charge in [0.25, 0.3) is 0 Å². The lowest BCUT2D eigenvalue weighted by atomic mass is 9.96. The first-order valence-electron chi connectivity index (χ1n) is 4.10. The van der Waals surface area contributed by atoms with Crippen molar-refractivity contribution in [2.24, 2.45) is 11.8 Å². The van der Waals surface area contributed by atoms with E-state index in [1.165, 1.54) is 0 Å². The number of carbonyl (C=O) groups is 1. The monoisotopic (exact) mass is 157 g/mol. The van der Waals surface area contributed by atoms with Crippen LogP contribution in [0.4, 0.5) is 0 Å². The van der Waals surface area contributed by atoms with Crippen LogP contribution >= 0.6 is 0 Å². The zero-order chi connectivity index (χ0) is 8.27. The number of aliphatic hydroxyl groups is 1. The molecule has 0 aromatic carbocycles. The van der Waals surface area contributed by atoms with Crippen LogP contribution in [0.25, 0.3) is 0 Å². The van der Waals surface area contributed by atoms with Gasteiger partial charge in [-0.15, -0.1) is 0 Å². The maximum Gasteiger partial charge on any atom is 0.220 e. The molecule has 0 aliphatic carbocycles. The Hall–Kier alpha value is -0.570. The molecular formula is C8H15NO2. The molecular weight excluding hydrogens is 142 g/mol. The van der Waals surface area contributed by atoms with Crippen molar-refractivity contribution in [1.82, 2.24) is 5.32 Å². The van der Waals surface area contributed by atoms with E-state index in [4.69, 9.17) is 5.11 Å². The predicted octanol–water partition coefficient (Wildman–Crippen LogP) is 0.141. The molecule has 0 aromatic rings. The lowest BCUT2D eigenvalue weighted by Gasteiger charge is -2.11. The van der Waals surface area contributed by atoms with Gasteiger partial charge in [0.05, 0.1) is 0 Å². The molecule has 1 aliphatic heterocycles. The fourth-order valence-corrected chi connectivity index (χ4v) is 1.47. The molecule has 64 valence electrons. The summed E-state index contributed by atoms with van der Waals surface area (Å²) >= 11 is 0. The van der Waals surface area contributed by atoms with Crippen molar-refractivity contribution in [2.45, 2.75) is 19.8 Å². The average molecular weight is 157 g/mol. The van der Waals surface area contributed by atoms with Crippen LogP contribution in [-0.2, 0) is 4.79 Å². The summed E-state index contributed by atoms with van der Waals surface area (Å²) in [6.45, 7) is 3.02. The molecule has 0 bridgehead atoms. The van der Waals surface area contributed by atoms with Crippen LogP contribution in [0, 0.1) is 11.8 Å². The molecule has 3 heteroatoms. The Morgan fingerprint density at radius 1 is 1.82 bits per heavy atom. The summed E-state index contributed by atoms with van der Waals surface area (Å²) in [6.07, 6.45) is 1.60. The highest BCUT2D eigenvalue weighted by atomic mass is 16.3. The van der Waals surface area contributed by atoms with Crippen LogP contribution in [0.5, 0.6) is 0 Å². The Kier molecular flexibility index (Phi) is 2.88. The normalized spacial score (nSPS) is 26.7. The number of rotatable bonds is 3. The number of nitrogens with one attached hydrogen (secondary N) is 1. The molecule has 0 radical (unpaired) electrons. The van der Waals surface area contributed by atoms with Gasteiger partial charge in [0.2, 0.25) is 5.91 Å².